The van der Waals surface area contributed by atoms with Crippen molar-refractivity contribution >= 4 is 5.69 Å². The van der Waals surface area contributed by atoms with Gasteiger partial charge in [0, 0.05) is 17.3 Å². The van der Waals surface area contributed by atoms with Crippen molar-refractivity contribution < 1.29 is 0 Å². The Labute approximate surface area is 95.5 Å². The fourth-order valence-electron chi connectivity index (χ4n) is 2.08. The number of rotatable bonds is 2. The van der Waals surface area contributed by atoms with E-state index in [1.165, 1.54) is 11.3 Å². The Morgan fingerprint density at radius 1 is 0.875 bits per heavy atom. The van der Waals surface area contributed by atoms with Crippen molar-refractivity contribution in [3.8, 4) is 0 Å². The maximum atomic E-state index is 3.45. The molecule has 1 atom stereocenters. The van der Waals surface area contributed by atoms with Gasteiger partial charge in [-0.15, -0.1) is 0 Å². The van der Waals surface area contributed by atoms with E-state index >= 15 is 0 Å². The van der Waals surface area contributed by atoms with E-state index in [0.29, 0.717) is 5.92 Å². The van der Waals surface area contributed by atoms with E-state index in [-0.39, 0.29) is 0 Å². The summed E-state index contributed by atoms with van der Waals surface area (Å²) < 4.78 is 0. The van der Waals surface area contributed by atoms with Crippen LogP contribution in [0.4, 0.5) is 5.69 Å². The van der Waals surface area contributed by atoms with Gasteiger partial charge < -0.3 is 5.32 Å². The number of hydrogen-bond donors (Lipinski definition) is 1. The highest BCUT2D eigenvalue weighted by Gasteiger charge is 2.17. The van der Waals surface area contributed by atoms with Crippen LogP contribution >= 0.6 is 0 Å². The van der Waals surface area contributed by atoms with Gasteiger partial charge in [0.05, 0.1) is 0 Å². The van der Waals surface area contributed by atoms with Gasteiger partial charge in [0.2, 0.25) is 0 Å². The molecule has 2 aliphatic rings. The number of allylic oxidation sites excluding steroid dienone is 7. The Bertz CT molecular complexity index is 503. The van der Waals surface area contributed by atoms with Gasteiger partial charge in [0.15, 0.2) is 0 Å². The molecule has 16 heavy (non-hydrogen) atoms. The lowest BCUT2D eigenvalue weighted by molar-refractivity contribution is 1.01. The molecule has 1 unspecified atom stereocenters. The van der Waals surface area contributed by atoms with Gasteiger partial charge in [-0.1, -0.05) is 48.6 Å². The molecule has 0 radical (unpaired) electrons. The SMILES string of the molecule is C1=CC2=C(Nc3ccccc3)C=CC2C=C1. The second-order valence-corrected chi connectivity index (χ2v) is 3.99. The fourth-order valence-corrected chi connectivity index (χ4v) is 2.08. The Kier molecular flexibility index (Phi) is 2.22. The normalized spacial score (nSPS) is 21.4. The molecule has 0 bridgehead atoms. The topological polar surface area (TPSA) is 12.0 Å². The Balaban J connectivity index is 1.89. The van der Waals surface area contributed by atoms with Crippen molar-refractivity contribution in [2.75, 3.05) is 5.32 Å². The average Bonchev–Trinajstić information content (AvgIpc) is 2.74. The second-order valence-electron chi connectivity index (χ2n) is 3.99. The van der Waals surface area contributed by atoms with E-state index in [9.17, 15) is 0 Å². The minimum atomic E-state index is 0.455. The summed E-state index contributed by atoms with van der Waals surface area (Å²) in [7, 11) is 0. The molecule has 0 heterocycles. The van der Waals surface area contributed by atoms with Crippen LogP contribution in [0.25, 0.3) is 0 Å². The summed E-state index contributed by atoms with van der Waals surface area (Å²) in [4.78, 5) is 0. The largest absolute Gasteiger partial charge is 0.355 e. The highest BCUT2D eigenvalue weighted by molar-refractivity contribution is 5.58. The first-order valence-electron chi connectivity index (χ1n) is 5.53. The minimum absolute atomic E-state index is 0.455. The van der Waals surface area contributed by atoms with Crippen LogP contribution in [-0.2, 0) is 0 Å². The highest BCUT2D eigenvalue weighted by atomic mass is 14.9. The molecule has 1 N–H and O–H groups in total. The quantitative estimate of drug-likeness (QED) is 0.780. The molecule has 0 amide bonds. The van der Waals surface area contributed by atoms with Crippen molar-refractivity contribution in [2.45, 2.75) is 0 Å². The molecular formula is C15H13N. The predicted molar refractivity (Wildman–Crippen MR) is 68.0 cm³/mol. The molecule has 0 aromatic heterocycles. The maximum absolute atomic E-state index is 3.45. The Morgan fingerprint density at radius 2 is 1.75 bits per heavy atom. The molecule has 3 rings (SSSR count). The highest BCUT2D eigenvalue weighted by Crippen LogP contribution is 2.30. The van der Waals surface area contributed by atoms with Crippen molar-refractivity contribution in [2.24, 2.45) is 5.92 Å². The van der Waals surface area contributed by atoms with Crippen LogP contribution in [0.15, 0.2) is 78.1 Å². The smallest absolute Gasteiger partial charge is 0.0423 e. The number of hydrogen-bond acceptors (Lipinski definition) is 1. The summed E-state index contributed by atoms with van der Waals surface area (Å²) in [6.45, 7) is 0. The number of anilines is 1. The van der Waals surface area contributed by atoms with Crippen LogP contribution in [0.2, 0.25) is 0 Å². The first-order chi connectivity index (χ1) is 7.93. The van der Waals surface area contributed by atoms with E-state index in [0.717, 1.165) is 5.69 Å². The Hall–Kier alpha value is -2.02. The van der Waals surface area contributed by atoms with Gasteiger partial charge in [-0.3, -0.25) is 0 Å². The van der Waals surface area contributed by atoms with Crippen molar-refractivity contribution in [1.82, 2.24) is 0 Å². The van der Waals surface area contributed by atoms with Crippen LogP contribution in [0.1, 0.15) is 0 Å². The first kappa shape index (κ1) is 9.22. The van der Waals surface area contributed by atoms with E-state index in [1.807, 2.05) is 18.2 Å². The lowest BCUT2D eigenvalue weighted by atomic mass is 9.97. The number of benzene rings is 1. The molecule has 78 valence electrons. The predicted octanol–water partition coefficient (Wildman–Crippen LogP) is 3.66. The van der Waals surface area contributed by atoms with Gasteiger partial charge in [-0.2, -0.15) is 0 Å². The molecule has 1 heteroatoms. The van der Waals surface area contributed by atoms with Crippen LogP contribution in [-0.4, -0.2) is 0 Å². The standard InChI is InChI=1S/C15H13N/c1-2-7-13(8-3-1)16-15-11-10-12-6-4-5-9-14(12)15/h1-12,16H. The molecule has 1 aromatic rings. The zero-order valence-corrected chi connectivity index (χ0v) is 8.93. The molecule has 2 aliphatic carbocycles. The minimum Gasteiger partial charge on any atom is -0.355 e. The second kappa shape index (κ2) is 3.86. The summed E-state index contributed by atoms with van der Waals surface area (Å²) >= 11 is 0. The van der Waals surface area contributed by atoms with E-state index in [1.54, 1.807) is 0 Å². The maximum Gasteiger partial charge on any atom is 0.0423 e. The molecule has 0 spiro atoms. The molecule has 1 nitrogen and oxygen atoms in total. The summed E-state index contributed by atoms with van der Waals surface area (Å²) in [5, 5.41) is 3.45. The van der Waals surface area contributed by atoms with Crippen LogP contribution in [0.5, 0.6) is 0 Å². The van der Waals surface area contributed by atoms with E-state index < -0.39 is 0 Å². The lowest BCUT2D eigenvalue weighted by Crippen LogP contribution is -2.01. The molecule has 0 aliphatic heterocycles. The Morgan fingerprint density at radius 3 is 2.62 bits per heavy atom. The number of fused-ring (bicyclic) bond motifs is 1. The van der Waals surface area contributed by atoms with Crippen LogP contribution < -0.4 is 5.32 Å². The zero-order chi connectivity index (χ0) is 10.8. The van der Waals surface area contributed by atoms with Gasteiger partial charge in [0.1, 0.15) is 0 Å². The first-order valence-corrected chi connectivity index (χ1v) is 5.53. The van der Waals surface area contributed by atoms with E-state index in [4.69, 9.17) is 0 Å². The zero-order valence-electron chi connectivity index (χ0n) is 8.93. The molecule has 0 fully saturated rings. The van der Waals surface area contributed by atoms with Crippen LogP contribution in [0.3, 0.4) is 0 Å². The summed E-state index contributed by atoms with van der Waals surface area (Å²) in [5.74, 6) is 0.455. The monoisotopic (exact) mass is 207 g/mol. The number of nitrogens with one attached hydrogen (secondary N) is 1. The van der Waals surface area contributed by atoms with Gasteiger partial charge >= 0.3 is 0 Å². The van der Waals surface area contributed by atoms with Crippen molar-refractivity contribution in [3.05, 3.63) is 78.1 Å². The molecule has 0 saturated carbocycles. The average molecular weight is 207 g/mol. The van der Waals surface area contributed by atoms with Gasteiger partial charge in [-0.05, 0) is 23.8 Å². The van der Waals surface area contributed by atoms with Crippen molar-refractivity contribution in [1.29, 1.82) is 0 Å². The third-order valence-electron chi connectivity index (χ3n) is 2.90. The molecule has 1 aromatic carbocycles. The van der Waals surface area contributed by atoms with Gasteiger partial charge in [-0.25, -0.2) is 0 Å². The van der Waals surface area contributed by atoms with Gasteiger partial charge in [0.25, 0.3) is 0 Å². The third-order valence-corrected chi connectivity index (χ3v) is 2.90. The molecule has 0 saturated heterocycles. The third kappa shape index (κ3) is 1.61. The summed E-state index contributed by atoms with van der Waals surface area (Å²) in [6, 6.07) is 10.3. The molecular weight excluding hydrogens is 194 g/mol. The lowest BCUT2D eigenvalue weighted by Gasteiger charge is -2.12. The summed E-state index contributed by atoms with van der Waals surface area (Å²) in [5.41, 5.74) is 3.70. The van der Waals surface area contributed by atoms with E-state index in [2.05, 4.69) is 53.9 Å². The number of para-hydroxylation sites is 1. The van der Waals surface area contributed by atoms with Crippen LogP contribution in [0, 0.1) is 5.92 Å². The fraction of sp³-hybridized carbons (Fsp3) is 0.0667. The summed E-state index contributed by atoms with van der Waals surface area (Å²) in [6.07, 6.45) is 13.0. The van der Waals surface area contributed by atoms with Crippen molar-refractivity contribution in [3.63, 3.8) is 0 Å².